The number of hydrogen-bond acceptors (Lipinski definition) is 15. The number of unbranched alkanes of at least 4 members (excludes halogenated alkanes) is 14. The van der Waals surface area contributed by atoms with Crippen molar-refractivity contribution >= 4 is 11.9 Å². The first kappa shape index (κ1) is 60.3. The third kappa shape index (κ3) is 27.3. The molecule has 15 nitrogen and oxygen atoms in total. The van der Waals surface area contributed by atoms with Gasteiger partial charge in [0.05, 0.1) is 19.8 Å². The zero-order valence-corrected chi connectivity index (χ0v) is 40.6. The van der Waals surface area contributed by atoms with Crippen molar-refractivity contribution in [3.8, 4) is 0 Å². The number of aliphatic hydroxyl groups is 7. The maximum absolute atomic E-state index is 13.0. The highest BCUT2D eigenvalue weighted by atomic mass is 16.7. The van der Waals surface area contributed by atoms with E-state index in [1.165, 1.54) is 32.1 Å². The van der Waals surface area contributed by atoms with Gasteiger partial charge in [-0.2, -0.15) is 0 Å². The highest BCUT2D eigenvalue weighted by molar-refractivity contribution is 5.70. The Kier molecular flexibility index (Phi) is 35.1. The lowest BCUT2D eigenvalue weighted by Crippen LogP contribution is -2.61. The molecule has 2 aliphatic heterocycles. The predicted octanol–water partition coefficient (Wildman–Crippen LogP) is 6.88. The van der Waals surface area contributed by atoms with Crippen molar-refractivity contribution < 1.29 is 73.8 Å². The van der Waals surface area contributed by atoms with E-state index in [0.29, 0.717) is 12.8 Å². The van der Waals surface area contributed by atoms with Gasteiger partial charge in [0, 0.05) is 12.8 Å². The van der Waals surface area contributed by atoms with Crippen LogP contribution in [0.2, 0.25) is 0 Å². The number of esters is 2. The molecule has 0 radical (unpaired) electrons. The molecule has 0 amide bonds. The van der Waals surface area contributed by atoms with Gasteiger partial charge in [-0.15, -0.1) is 0 Å². The van der Waals surface area contributed by atoms with Gasteiger partial charge in [0.15, 0.2) is 18.7 Å². The normalized spacial score (nSPS) is 26.5. The van der Waals surface area contributed by atoms with Crippen molar-refractivity contribution in [2.24, 2.45) is 0 Å². The van der Waals surface area contributed by atoms with Crippen molar-refractivity contribution in [3.05, 3.63) is 60.8 Å². The van der Waals surface area contributed by atoms with Crippen LogP contribution in [-0.4, -0.2) is 142 Å². The molecule has 0 bridgehead atoms. The Labute approximate surface area is 400 Å². The van der Waals surface area contributed by atoms with Crippen molar-refractivity contribution in [3.63, 3.8) is 0 Å². The number of carbonyl (C=O) groups excluding carboxylic acids is 2. The van der Waals surface area contributed by atoms with E-state index in [-0.39, 0.29) is 19.4 Å². The van der Waals surface area contributed by atoms with Gasteiger partial charge in [-0.25, -0.2) is 0 Å². The molecule has 11 unspecified atom stereocenters. The van der Waals surface area contributed by atoms with Crippen molar-refractivity contribution in [1.29, 1.82) is 0 Å². The van der Waals surface area contributed by atoms with Crippen LogP contribution in [0.25, 0.3) is 0 Å². The summed E-state index contributed by atoms with van der Waals surface area (Å²) in [7, 11) is 0. The second kappa shape index (κ2) is 39.0. The van der Waals surface area contributed by atoms with Gasteiger partial charge in [-0.1, -0.05) is 132 Å². The second-order valence-corrected chi connectivity index (χ2v) is 17.6. The number of rotatable bonds is 38. The number of carbonyl (C=O) groups is 2. The third-order valence-electron chi connectivity index (χ3n) is 11.7. The van der Waals surface area contributed by atoms with Crippen LogP contribution in [-0.2, 0) is 38.0 Å². The van der Waals surface area contributed by atoms with Crippen LogP contribution in [0.4, 0.5) is 0 Å². The SMILES string of the molecule is CC/C=C\C/C=C\C/C=C\C/C=C\CCCCCCC(=O)OC(COC(=O)CCCCCCC/C=C\CCCCCCC)COC1OC(COC2OC(CO)C(O)C(O)C2O)C(O)C(O)C1O. The fraction of sp³-hybridized carbons (Fsp3) is 0.769. The molecule has 67 heavy (non-hydrogen) atoms. The Morgan fingerprint density at radius 3 is 1.49 bits per heavy atom. The lowest BCUT2D eigenvalue weighted by Gasteiger charge is -2.42. The van der Waals surface area contributed by atoms with Crippen LogP contribution in [0.1, 0.15) is 162 Å². The Bertz CT molecular complexity index is 1400. The quantitative estimate of drug-likeness (QED) is 0.0190. The van der Waals surface area contributed by atoms with Crippen molar-refractivity contribution in [2.75, 3.05) is 26.4 Å². The predicted molar refractivity (Wildman–Crippen MR) is 256 cm³/mol. The molecule has 2 saturated heterocycles. The monoisotopic (exact) mass is 953 g/mol. The first-order chi connectivity index (χ1) is 32.5. The lowest BCUT2D eigenvalue weighted by atomic mass is 9.98. The second-order valence-electron chi connectivity index (χ2n) is 17.6. The van der Waals surface area contributed by atoms with Crippen molar-refractivity contribution in [1.82, 2.24) is 0 Å². The average Bonchev–Trinajstić information content (AvgIpc) is 3.32. The molecule has 0 aliphatic carbocycles. The summed E-state index contributed by atoms with van der Waals surface area (Å²) in [5.74, 6) is -0.967. The number of ether oxygens (including phenoxy) is 6. The fourth-order valence-corrected chi connectivity index (χ4v) is 7.55. The van der Waals surface area contributed by atoms with Gasteiger partial charge >= 0.3 is 11.9 Å². The van der Waals surface area contributed by atoms with Gasteiger partial charge in [0.25, 0.3) is 0 Å². The van der Waals surface area contributed by atoms with E-state index in [1.807, 2.05) is 0 Å². The van der Waals surface area contributed by atoms with Gasteiger partial charge in [0.1, 0.15) is 55.4 Å². The number of hydrogen-bond donors (Lipinski definition) is 7. The van der Waals surface area contributed by atoms with Gasteiger partial charge < -0.3 is 64.2 Å². The molecule has 15 heteroatoms. The van der Waals surface area contributed by atoms with Gasteiger partial charge in [-0.05, 0) is 77.0 Å². The lowest BCUT2D eigenvalue weighted by molar-refractivity contribution is -0.332. The molecule has 0 spiro atoms. The number of allylic oxidation sites excluding steroid dienone is 10. The molecule has 0 saturated carbocycles. The van der Waals surface area contributed by atoms with Crippen molar-refractivity contribution in [2.45, 2.75) is 229 Å². The molecule has 0 aromatic heterocycles. The maximum atomic E-state index is 13.0. The molecule has 11 atom stereocenters. The van der Waals surface area contributed by atoms with E-state index in [4.69, 9.17) is 28.4 Å². The smallest absolute Gasteiger partial charge is 0.306 e. The summed E-state index contributed by atoms with van der Waals surface area (Å²) in [6.07, 6.45) is 26.7. The largest absolute Gasteiger partial charge is 0.462 e. The zero-order valence-electron chi connectivity index (χ0n) is 40.6. The third-order valence-corrected chi connectivity index (χ3v) is 11.7. The standard InChI is InChI=1S/C52H88O15/c1-3-5-7-9-11-13-15-17-19-20-21-23-25-27-29-31-33-35-44(55)65-40(37-62-43(54)34-32-30-28-26-24-22-18-16-14-12-10-8-6-4-2)38-63-51-50(61)48(59)46(57)42(67-51)39-64-52-49(60)47(58)45(56)41(36-53)66-52/h5,7,11,13,16-19,21,23,40-42,45-53,56-61H,3-4,6,8-10,12,14-15,20,22,24-39H2,1-2H3/b7-5-,13-11-,18-16-,19-17-,23-21-. The summed E-state index contributed by atoms with van der Waals surface area (Å²) < 4.78 is 33.5. The minimum atomic E-state index is -1.77. The van der Waals surface area contributed by atoms with Crippen LogP contribution < -0.4 is 0 Å². The number of aliphatic hydroxyl groups excluding tert-OH is 7. The first-order valence-electron chi connectivity index (χ1n) is 25.4. The zero-order chi connectivity index (χ0) is 48.9. The molecule has 386 valence electrons. The fourth-order valence-electron chi connectivity index (χ4n) is 7.55. The summed E-state index contributed by atoms with van der Waals surface area (Å²) in [5, 5.41) is 72.0. The Morgan fingerprint density at radius 1 is 0.493 bits per heavy atom. The first-order valence-corrected chi connectivity index (χ1v) is 25.4. The summed E-state index contributed by atoms with van der Waals surface area (Å²) in [6, 6.07) is 0. The Hall–Kier alpha value is -2.80. The van der Waals surface area contributed by atoms with E-state index in [1.54, 1.807) is 0 Å². The summed E-state index contributed by atoms with van der Waals surface area (Å²) in [4.78, 5) is 25.7. The van der Waals surface area contributed by atoms with E-state index in [9.17, 15) is 45.3 Å². The molecule has 2 aliphatic rings. The molecule has 2 heterocycles. The molecule has 0 aromatic rings. The minimum absolute atomic E-state index is 0.133. The van der Waals surface area contributed by atoms with Crippen LogP contribution in [0.5, 0.6) is 0 Å². The topological polar surface area (TPSA) is 231 Å². The van der Waals surface area contributed by atoms with E-state index >= 15 is 0 Å². The Morgan fingerprint density at radius 2 is 0.940 bits per heavy atom. The summed E-state index contributed by atoms with van der Waals surface area (Å²) >= 11 is 0. The molecule has 7 N–H and O–H groups in total. The van der Waals surface area contributed by atoms with Crippen LogP contribution >= 0.6 is 0 Å². The minimum Gasteiger partial charge on any atom is -0.462 e. The highest BCUT2D eigenvalue weighted by Crippen LogP contribution is 2.26. The molecular weight excluding hydrogens is 865 g/mol. The van der Waals surface area contributed by atoms with Gasteiger partial charge in [0.2, 0.25) is 0 Å². The van der Waals surface area contributed by atoms with E-state index < -0.39 is 99.3 Å². The molecular formula is C52H88O15. The average molecular weight is 953 g/mol. The highest BCUT2D eigenvalue weighted by Gasteiger charge is 2.47. The molecule has 2 rings (SSSR count). The van der Waals surface area contributed by atoms with E-state index in [2.05, 4.69) is 74.6 Å². The molecule has 2 fully saturated rings. The summed E-state index contributed by atoms with van der Waals surface area (Å²) in [6.45, 7) is 2.42. The van der Waals surface area contributed by atoms with Crippen LogP contribution in [0.15, 0.2) is 60.8 Å². The van der Waals surface area contributed by atoms with E-state index in [0.717, 1.165) is 89.9 Å². The van der Waals surface area contributed by atoms with Crippen LogP contribution in [0.3, 0.4) is 0 Å². The Balaban J connectivity index is 1.84. The maximum Gasteiger partial charge on any atom is 0.306 e. The molecule has 0 aromatic carbocycles. The summed E-state index contributed by atoms with van der Waals surface area (Å²) in [5.41, 5.74) is 0. The van der Waals surface area contributed by atoms with Gasteiger partial charge in [-0.3, -0.25) is 9.59 Å². The van der Waals surface area contributed by atoms with Crippen LogP contribution in [0, 0.1) is 0 Å².